The average molecular weight is 751 g/mol. The summed E-state index contributed by atoms with van der Waals surface area (Å²) in [5.41, 5.74) is 5.48. The second-order valence-electron chi connectivity index (χ2n) is 16.0. The van der Waals surface area contributed by atoms with Crippen LogP contribution in [0.3, 0.4) is 0 Å². The molecule has 1 aliphatic carbocycles. The number of piperazine rings is 1. The molecule has 3 aliphatic rings. The Morgan fingerprint density at radius 3 is 2.46 bits per heavy atom. The topological polar surface area (TPSA) is 108 Å². The number of carbonyl (C=O) groups excluding carboxylic acids is 1. The molecule has 2 aliphatic heterocycles. The molecule has 284 valence electrons. The van der Waals surface area contributed by atoms with Crippen molar-refractivity contribution < 1.29 is 9.53 Å². The van der Waals surface area contributed by atoms with Crippen LogP contribution in [-0.2, 0) is 12.0 Å². The SMILES string of the molecule is CN1CCN(Cc2cc(-n3nc(C(C)(C)C)cc3NC(=O)N[C@H]3CC[C@@H](Oc4ccc5nnc(N6CCCCC6)n5c4)c4ccccc43)ccc2Cl)CC1. The molecule has 3 aromatic heterocycles. The molecule has 2 fully saturated rings. The molecular formula is C41H51ClN10O2. The summed E-state index contributed by atoms with van der Waals surface area (Å²) in [4.78, 5) is 20.9. The highest BCUT2D eigenvalue weighted by atomic mass is 35.5. The number of halogens is 1. The van der Waals surface area contributed by atoms with E-state index in [-0.39, 0.29) is 23.6 Å². The summed E-state index contributed by atoms with van der Waals surface area (Å²) in [6.07, 6.45) is 6.90. The van der Waals surface area contributed by atoms with Crippen LogP contribution < -0.4 is 20.3 Å². The van der Waals surface area contributed by atoms with Crippen molar-refractivity contribution in [3.8, 4) is 11.4 Å². The Labute approximate surface area is 322 Å². The third-order valence-electron chi connectivity index (χ3n) is 11.0. The zero-order valence-electron chi connectivity index (χ0n) is 31.8. The lowest BCUT2D eigenvalue weighted by Crippen LogP contribution is -2.43. The fraction of sp³-hybridized carbons (Fsp3) is 0.463. The van der Waals surface area contributed by atoms with Crippen LogP contribution in [0, 0.1) is 0 Å². The molecule has 2 amide bonds. The number of hydrogen-bond acceptors (Lipinski definition) is 8. The summed E-state index contributed by atoms with van der Waals surface area (Å²) in [6, 6.07) is 19.7. The molecule has 5 heterocycles. The lowest BCUT2D eigenvalue weighted by molar-refractivity contribution is 0.148. The van der Waals surface area contributed by atoms with Gasteiger partial charge in [-0.3, -0.25) is 14.6 Å². The lowest BCUT2D eigenvalue weighted by atomic mass is 9.85. The van der Waals surface area contributed by atoms with E-state index in [1.165, 1.54) is 19.3 Å². The summed E-state index contributed by atoms with van der Waals surface area (Å²) in [5, 5.41) is 21.1. The van der Waals surface area contributed by atoms with E-state index in [0.29, 0.717) is 5.82 Å². The van der Waals surface area contributed by atoms with Gasteiger partial charge in [0.25, 0.3) is 0 Å². The summed E-state index contributed by atoms with van der Waals surface area (Å²) in [6.45, 7) is 13.2. The number of rotatable bonds is 8. The molecule has 54 heavy (non-hydrogen) atoms. The number of hydrogen-bond donors (Lipinski definition) is 2. The number of ether oxygens (including phenoxy) is 1. The van der Waals surface area contributed by atoms with Crippen LogP contribution >= 0.6 is 11.6 Å². The Kier molecular flexibility index (Phi) is 10.3. The standard InChI is InChI=1S/C41H51ClN10O2/c1-41(2,3)36-25-38(52(47-36)29-12-14-33(42)28(24-29)26-49-22-20-48(4)21-23-49)44-39(53)43-34-15-16-35(32-11-7-6-10-31(32)34)54-30-13-17-37-45-46-40(51(37)27-30)50-18-8-5-9-19-50/h6-7,10-14,17,24-25,27,34-35H,5,8-9,15-16,18-23,26H2,1-4H3,(H2,43,44,53)/t34-,35+/m0/s1. The van der Waals surface area contributed by atoms with Crippen molar-refractivity contribution in [1.82, 2.24) is 39.5 Å². The number of anilines is 2. The van der Waals surface area contributed by atoms with Gasteiger partial charge in [0.05, 0.1) is 23.6 Å². The van der Waals surface area contributed by atoms with E-state index >= 15 is 0 Å². The quantitative estimate of drug-likeness (QED) is 0.169. The van der Waals surface area contributed by atoms with E-state index < -0.39 is 0 Å². The van der Waals surface area contributed by atoms with Crippen molar-refractivity contribution >= 4 is 35.0 Å². The number of fused-ring (bicyclic) bond motifs is 2. The zero-order valence-corrected chi connectivity index (χ0v) is 32.5. The molecule has 5 aromatic rings. The molecule has 0 saturated carbocycles. The van der Waals surface area contributed by atoms with Gasteiger partial charge in [-0.25, -0.2) is 9.48 Å². The maximum Gasteiger partial charge on any atom is 0.320 e. The van der Waals surface area contributed by atoms with E-state index in [9.17, 15) is 4.79 Å². The zero-order chi connectivity index (χ0) is 37.4. The first-order valence-corrected chi connectivity index (χ1v) is 19.7. The van der Waals surface area contributed by atoms with Gasteiger partial charge in [-0.05, 0) is 86.2 Å². The molecule has 2 aromatic carbocycles. The highest BCUT2D eigenvalue weighted by Crippen LogP contribution is 2.39. The Bertz CT molecular complexity index is 2110. The van der Waals surface area contributed by atoms with Gasteiger partial charge in [-0.2, -0.15) is 5.10 Å². The largest absolute Gasteiger partial charge is 0.484 e. The maximum atomic E-state index is 13.8. The van der Waals surface area contributed by atoms with Crippen LogP contribution in [0.1, 0.15) is 87.4 Å². The Morgan fingerprint density at radius 1 is 0.907 bits per heavy atom. The van der Waals surface area contributed by atoms with Crippen LogP contribution in [0.2, 0.25) is 5.02 Å². The number of carbonyl (C=O) groups is 1. The first-order valence-electron chi connectivity index (χ1n) is 19.3. The fourth-order valence-electron chi connectivity index (χ4n) is 7.83. The molecule has 2 N–H and O–H groups in total. The normalized spacial score (nSPS) is 19.8. The molecule has 2 atom stereocenters. The Hall–Kier alpha value is -4.65. The second-order valence-corrected chi connectivity index (χ2v) is 16.4. The van der Waals surface area contributed by atoms with Gasteiger partial charge in [0.15, 0.2) is 5.65 Å². The first-order chi connectivity index (χ1) is 26.1. The van der Waals surface area contributed by atoms with Crippen molar-refractivity contribution in [1.29, 1.82) is 0 Å². The van der Waals surface area contributed by atoms with Crippen LogP contribution in [0.4, 0.5) is 16.6 Å². The molecular weight excluding hydrogens is 700 g/mol. The summed E-state index contributed by atoms with van der Waals surface area (Å²) < 4.78 is 10.5. The van der Waals surface area contributed by atoms with E-state index in [2.05, 4.69) is 81.5 Å². The summed E-state index contributed by atoms with van der Waals surface area (Å²) in [5.74, 6) is 2.23. The van der Waals surface area contributed by atoms with E-state index in [4.69, 9.17) is 21.4 Å². The second kappa shape index (κ2) is 15.2. The number of piperidine rings is 1. The first kappa shape index (κ1) is 36.3. The smallest absolute Gasteiger partial charge is 0.320 e. The van der Waals surface area contributed by atoms with Crippen LogP contribution in [0.15, 0.2) is 66.9 Å². The summed E-state index contributed by atoms with van der Waals surface area (Å²) in [7, 11) is 2.16. The molecule has 13 heteroatoms. The minimum Gasteiger partial charge on any atom is -0.484 e. The number of amides is 2. The van der Waals surface area contributed by atoms with Gasteiger partial charge >= 0.3 is 6.03 Å². The van der Waals surface area contributed by atoms with Crippen molar-refractivity contribution in [3.63, 3.8) is 0 Å². The van der Waals surface area contributed by atoms with Gasteiger partial charge in [0.1, 0.15) is 17.7 Å². The Morgan fingerprint density at radius 2 is 1.69 bits per heavy atom. The number of pyridine rings is 1. The lowest BCUT2D eigenvalue weighted by Gasteiger charge is -2.32. The molecule has 12 nitrogen and oxygen atoms in total. The number of urea groups is 1. The maximum absolute atomic E-state index is 13.8. The predicted octanol–water partition coefficient (Wildman–Crippen LogP) is 7.38. The number of benzene rings is 2. The van der Waals surface area contributed by atoms with Crippen molar-refractivity contribution in [3.05, 3.63) is 94.3 Å². The van der Waals surface area contributed by atoms with Crippen molar-refractivity contribution in [2.75, 3.05) is 56.5 Å². The summed E-state index contributed by atoms with van der Waals surface area (Å²) >= 11 is 6.73. The van der Waals surface area contributed by atoms with Gasteiger partial charge in [-0.15, -0.1) is 10.2 Å². The molecule has 0 bridgehead atoms. The molecule has 8 rings (SSSR count). The van der Waals surface area contributed by atoms with Crippen LogP contribution in [0.25, 0.3) is 11.3 Å². The fourth-order valence-corrected chi connectivity index (χ4v) is 8.01. The molecule has 0 radical (unpaired) electrons. The van der Waals surface area contributed by atoms with Gasteiger partial charge in [0.2, 0.25) is 5.95 Å². The highest BCUT2D eigenvalue weighted by molar-refractivity contribution is 6.31. The van der Waals surface area contributed by atoms with Crippen molar-refractivity contribution in [2.24, 2.45) is 0 Å². The minimum absolute atomic E-state index is 0.157. The predicted molar refractivity (Wildman–Crippen MR) is 213 cm³/mol. The van der Waals surface area contributed by atoms with Crippen LogP contribution in [0.5, 0.6) is 5.75 Å². The van der Waals surface area contributed by atoms with Gasteiger partial charge < -0.3 is 19.9 Å². The number of aromatic nitrogens is 5. The Balaban J connectivity index is 0.989. The van der Waals surface area contributed by atoms with Crippen molar-refractivity contribution in [2.45, 2.75) is 77.0 Å². The third-order valence-corrected chi connectivity index (χ3v) is 11.4. The average Bonchev–Trinajstić information content (AvgIpc) is 3.79. The highest BCUT2D eigenvalue weighted by Gasteiger charge is 2.30. The monoisotopic (exact) mass is 750 g/mol. The number of nitrogens with zero attached hydrogens (tertiary/aromatic N) is 8. The third kappa shape index (κ3) is 7.78. The van der Waals surface area contributed by atoms with E-state index in [1.807, 2.05) is 57.7 Å². The number of nitrogens with one attached hydrogen (secondary N) is 2. The van der Waals surface area contributed by atoms with E-state index in [0.717, 1.165) is 109 Å². The van der Waals surface area contributed by atoms with E-state index in [1.54, 1.807) is 0 Å². The van der Waals surface area contributed by atoms with Gasteiger partial charge in [0, 0.05) is 62.3 Å². The van der Waals surface area contributed by atoms with Crippen LogP contribution in [-0.4, -0.2) is 86.5 Å². The molecule has 0 spiro atoms. The minimum atomic E-state index is -0.286. The number of likely N-dealkylation sites (N-methyl/N-ethyl adjacent to an activating group) is 1. The molecule has 2 saturated heterocycles. The molecule has 0 unspecified atom stereocenters. The van der Waals surface area contributed by atoms with Gasteiger partial charge in [-0.1, -0.05) is 56.6 Å².